The molecule has 7 heteroatoms. The number of hydrogen-bond acceptors (Lipinski definition) is 3. The van der Waals surface area contributed by atoms with Gasteiger partial charge >= 0.3 is 6.18 Å². The SMILES string of the molecule is CC[C@H](CN(C)Cc1ccccc1)n1c(C(F)(F)F)nc2cccnc21. The molecular weight excluding hydrogens is 341 g/mol. The normalized spacial score (nSPS) is 13.5. The lowest BCUT2D eigenvalue weighted by Crippen LogP contribution is -2.29. The van der Waals surface area contributed by atoms with Gasteiger partial charge in [-0.3, -0.25) is 0 Å². The zero-order chi connectivity index (χ0) is 18.7. The first-order valence-corrected chi connectivity index (χ1v) is 8.52. The highest BCUT2D eigenvalue weighted by atomic mass is 19.4. The lowest BCUT2D eigenvalue weighted by molar-refractivity contribution is -0.147. The summed E-state index contributed by atoms with van der Waals surface area (Å²) in [6, 6.07) is 12.7. The van der Waals surface area contributed by atoms with Gasteiger partial charge in [-0.1, -0.05) is 37.3 Å². The molecule has 1 atom stereocenters. The number of imidazole rings is 1. The monoisotopic (exact) mass is 362 g/mol. The molecule has 0 aliphatic carbocycles. The van der Waals surface area contributed by atoms with Crippen molar-refractivity contribution in [3.05, 3.63) is 60.0 Å². The van der Waals surface area contributed by atoms with Gasteiger partial charge in [-0.2, -0.15) is 13.2 Å². The Labute approximate surface area is 150 Å². The van der Waals surface area contributed by atoms with Gasteiger partial charge < -0.3 is 9.47 Å². The van der Waals surface area contributed by atoms with E-state index in [1.165, 1.54) is 10.8 Å². The molecule has 1 aromatic carbocycles. The van der Waals surface area contributed by atoms with Crippen molar-refractivity contribution >= 4 is 11.2 Å². The van der Waals surface area contributed by atoms with E-state index in [4.69, 9.17) is 0 Å². The standard InChI is InChI=1S/C19H21F3N4/c1-3-15(13-25(2)12-14-8-5-4-6-9-14)26-17-16(10-7-11-23-17)24-18(26)19(20,21)22/h4-11,15H,3,12-13H2,1-2H3/t15-/m1/s1. The molecule has 0 unspecified atom stereocenters. The van der Waals surface area contributed by atoms with Gasteiger partial charge in [-0.05, 0) is 31.2 Å². The molecule has 0 fully saturated rings. The van der Waals surface area contributed by atoms with Crippen LogP contribution in [-0.2, 0) is 12.7 Å². The highest BCUT2D eigenvalue weighted by Gasteiger charge is 2.39. The summed E-state index contributed by atoms with van der Waals surface area (Å²) in [5, 5.41) is 0. The minimum atomic E-state index is -4.52. The lowest BCUT2D eigenvalue weighted by Gasteiger charge is -2.26. The van der Waals surface area contributed by atoms with Gasteiger partial charge in [0.05, 0.1) is 0 Å². The highest BCUT2D eigenvalue weighted by molar-refractivity contribution is 5.71. The average molecular weight is 362 g/mol. The first kappa shape index (κ1) is 18.4. The molecule has 0 saturated heterocycles. The van der Waals surface area contributed by atoms with Crippen LogP contribution in [0.1, 0.15) is 30.8 Å². The number of fused-ring (bicyclic) bond motifs is 1. The Hall–Kier alpha value is -2.41. The van der Waals surface area contributed by atoms with Crippen molar-refractivity contribution in [3.8, 4) is 0 Å². The molecule has 2 heterocycles. The highest BCUT2D eigenvalue weighted by Crippen LogP contribution is 2.34. The summed E-state index contributed by atoms with van der Waals surface area (Å²) in [4.78, 5) is 9.98. The number of alkyl halides is 3. The Bertz CT molecular complexity index is 858. The van der Waals surface area contributed by atoms with Crippen LogP contribution >= 0.6 is 0 Å². The summed E-state index contributed by atoms with van der Waals surface area (Å²) < 4.78 is 41.9. The van der Waals surface area contributed by atoms with Gasteiger partial charge in [0.2, 0.25) is 5.82 Å². The van der Waals surface area contributed by atoms with Crippen LogP contribution in [0.15, 0.2) is 48.7 Å². The van der Waals surface area contributed by atoms with E-state index in [1.54, 1.807) is 12.1 Å². The smallest absolute Gasteiger partial charge is 0.301 e. The molecule has 0 saturated carbocycles. The molecule has 0 spiro atoms. The summed E-state index contributed by atoms with van der Waals surface area (Å²) in [6.07, 6.45) is -2.47. The van der Waals surface area contributed by atoms with Crippen LogP contribution in [0, 0.1) is 0 Å². The first-order chi connectivity index (χ1) is 12.4. The van der Waals surface area contributed by atoms with Gasteiger partial charge in [0.25, 0.3) is 0 Å². The maximum atomic E-state index is 13.5. The van der Waals surface area contributed by atoms with Crippen LogP contribution < -0.4 is 0 Å². The Morgan fingerprint density at radius 3 is 2.50 bits per heavy atom. The van der Waals surface area contributed by atoms with Gasteiger partial charge in [-0.25, -0.2) is 9.97 Å². The third-order valence-electron chi connectivity index (χ3n) is 4.36. The van der Waals surface area contributed by atoms with Gasteiger partial charge in [0.1, 0.15) is 5.52 Å². The fourth-order valence-electron chi connectivity index (χ4n) is 3.19. The van der Waals surface area contributed by atoms with E-state index >= 15 is 0 Å². The zero-order valence-corrected chi connectivity index (χ0v) is 14.7. The van der Waals surface area contributed by atoms with Crippen molar-refractivity contribution < 1.29 is 13.2 Å². The van der Waals surface area contributed by atoms with Crippen molar-refractivity contribution in [1.29, 1.82) is 0 Å². The van der Waals surface area contributed by atoms with E-state index in [9.17, 15) is 13.2 Å². The van der Waals surface area contributed by atoms with Gasteiger partial charge in [0, 0.05) is 25.3 Å². The van der Waals surface area contributed by atoms with E-state index < -0.39 is 12.0 Å². The molecule has 0 amide bonds. The summed E-state index contributed by atoms with van der Waals surface area (Å²) in [7, 11) is 1.91. The number of rotatable bonds is 6. The Morgan fingerprint density at radius 2 is 1.85 bits per heavy atom. The summed E-state index contributed by atoms with van der Waals surface area (Å²) in [6.45, 7) is 3.02. The minimum Gasteiger partial charge on any atom is -0.301 e. The molecule has 0 aliphatic rings. The molecule has 0 aliphatic heterocycles. The number of halogens is 3. The summed E-state index contributed by atoms with van der Waals surface area (Å²) >= 11 is 0. The second-order valence-electron chi connectivity index (χ2n) is 6.39. The van der Waals surface area contributed by atoms with Crippen molar-refractivity contribution in [3.63, 3.8) is 0 Å². The topological polar surface area (TPSA) is 34.0 Å². The van der Waals surface area contributed by atoms with E-state index in [0.29, 0.717) is 19.5 Å². The molecule has 0 bridgehead atoms. The van der Waals surface area contributed by atoms with Crippen molar-refractivity contribution in [1.82, 2.24) is 19.4 Å². The number of benzene rings is 1. The van der Waals surface area contributed by atoms with Crippen LogP contribution in [0.5, 0.6) is 0 Å². The maximum absolute atomic E-state index is 13.5. The second kappa shape index (κ2) is 7.45. The van der Waals surface area contributed by atoms with Crippen LogP contribution in [0.2, 0.25) is 0 Å². The predicted molar refractivity (Wildman–Crippen MR) is 94.6 cm³/mol. The average Bonchev–Trinajstić information content (AvgIpc) is 3.00. The van der Waals surface area contributed by atoms with Crippen molar-refractivity contribution in [2.75, 3.05) is 13.6 Å². The number of likely N-dealkylation sites (N-methyl/N-ethyl adjacent to an activating group) is 1. The summed E-state index contributed by atoms with van der Waals surface area (Å²) in [5.41, 5.74) is 1.67. The first-order valence-electron chi connectivity index (χ1n) is 8.52. The maximum Gasteiger partial charge on any atom is 0.449 e. The molecule has 0 radical (unpaired) electrons. The van der Waals surface area contributed by atoms with Crippen molar-refractivity contribution in [2.45, 2.75) is 32.1 Å². The lowest BCUT2D eigenvalue weighted by atomic mass is 10.1. The third-order valence-corrected chi connectivity index (χ3v) is 4.36. The Kier molecular flexibility index (Phi) is 5.27. The van der Waals surface area contributed by atoms with Crippen LogP contribution in [0.4, 0.5) is 13.2 Å². The van der Waals surface area contributed by atoms with Gasteiger partial charge in [-0.15, -0.1) is 0 Å². The molecule has 3 rings (SSSR count). The Balaban J connectivity index is 1.92. The number of aromatic nitrogens is 3. The van der Waals surface area contributed by atoms with Crippen LogP contribution in [0.25, 0.3) is 11.2 Å². The zero-order valence-electron chi connectivity index (χ0n) is 14.7. The molecule has 2 aromatic heterocycles. The number of hydrogen-bond donors (Lipinski definition) is 0. The number of nitrogens with zero attached hydrogens (tertiary/aromatic N) is 4. The van der Waals surface area contributed by atoms with E-state index in [2.05, 4.69) is 9.97 Å². The van der Waals surface area contributed by atoms with Crippen LogP contribution in [-0.4, -0.2) is 33.0 Å². The van der Waals surface area contributed by atoms with Crippen LogP contribution in [0.3, 0.4) is 0 Å². The van der Waals surface area contributed by atoms with E-state index in [-0.39, 0.29) is 17.2 Å². The summed E-state index contributed by atoms with van der Waals surface area (Å²) in [5.74, 6) is -0.883. The quantitative estimate of drug-likeness (QED) is 0.646. The molecule has 0 N–H and O–H groups in total. The Morgan fingerprint density at radius 1 is 1.12 bits per heavy atom. The van der Waals surface area contributed by atoms with E-state index in [1.807, 2.05) is 49.2 Å². The molecule has 3 aromatic rings. The van der Waals surface area contributed by atoms with E-state index in [0.717, 1.165) is 5.56 Å². The largest absolute Gasteiger partial charge is 0.449 e. The molecule has 4 nitrogen and oxygen atoms in total. The van der Waals surface area contributed by atoms with Gasteiger partial charge in [0.15, 0.2) is 5.65 Å². The third kappa shape index (κ3) is 3.88. The second-order valence-corrected chi connectivity index (χ2v) is 6.39. The minimum absolute atomic E-state index is 0.268. The fraction of sp³-hybridized carbons (Fsp3) is 0.368. The fourth-order valence-corrected chi connectivity index (χ4v) is 3.19. The molecule has 138 valence electrons. The number of pyridine rings is 1. The molecule has 26 heavy (non-hydrogen) atoms. The predicted octanol–water partition coefficient (Wildman–Crippen LogP) is 4.53. The van der Waals surface area contributed by atoms with Crippen molar-refractivity contribution in [2.24, 2.45) is 0 Å². The molecular formula is C19H21F3N4.